The van der Waals surface area contributed by atoms with Gasteiger partial charge in [-0.2, -0.15) is 0 Å². The van der Waals surface area contributed by atoms with E-state index in [2.05, 4.69) is 9.97 Å². The summed E-state index contributed by atoms with van der Waals surface area (Å²) in [5.41, 5.74) is 1.50. The maximum Gasteiger partial charge on any atom is 0.339 e. The lowest BCUT2D eigenvalue weighted by Gasteiger charge is -2.12. The topological polar surface area (TPSA) is 106 Å². The second kappa shape index (κ2) is 7.10. The van der Waals surface area contributed by atoms with Gasteiger partial charge in [-0.15, -0.1) is 0 Å². The van der Waals surface area contributed by atoms with E-state index in [1.807, 2.05) is 30.3 Å². The number of benzene rings is 2. The zero-order valence-corrected chi connectivity index (χ0v) is 13.9. The first-order valence-corrected chi connectivity index (χ1v) is 7.95. The molecule has 0 fully saturated rings. The number of nitrogens with zero attached hydrogens (tertiary/aromatic N) is 3. The monoisotopic (exact) mass is 349 g/mol. The van der Waals surface area contributed by atoms with E-state index < -0.39 is 10.9 Å². The number of non-ortho nitro benzene ring substituents is 1. The average Bonchev–Trinajstić information content (AvgIpc) is 2.67. The fraction of sp³-hybridized carbons (Fsp3) is 0.105. The highest BCUT2D eigenvalue weighted by molar-refractivity contribution is 5.96. The van der Waals surface area contributed by atoms with Crippen molar-refractivity contribution in [2.24, 2.45) is 0 Å². The van der Waals surface area contributed by atoms with Crippen molar-refractivity contribution in [3.05, 3.63) is 76.0 Å². The third kappa shape index (κ3) is 3.27. The minimum Gasteiger partial charge on any atom is -0.478 e. The molecule has 130 valence electrons. The summed E-state index contributed by atoms with van der Waals surface area (Å²) >= 11 is 0. The zero-order valence-electron chi connectivity index (χ0n) is 13.9. The number of hydrogen-bond acceptors (Lipinski definition) is 5. The van der Waals surface area contributed by atoms with Gasteiger partial charge in [0.05, 0.1) is 16.3 Å². The van der Waals surface area contributed by atoms with Crippen molar-refractivity contribution in [1.29, 1.82) is 0 Å². The van der Waals surface area contributed by atoms with Gasteiger partial charge in [-0.3, -0.25) is 10.1 Å². The molecule has 0 spiro atoms. The molecule has 0 aliphatic carbocycles. The Bertz CT molecular complexity index is 987. The summed E-state index contributed by atoms with van der Waals surface area (Å²) in [5, 5.41) is 20.7. The summed E-state index contributed by atoms with van der Waals surface area (Å²) in [4.78, 5) is 31.2. The van der Waals surface area contributed by atoms with Crippen molar-refractivity contribution < 1.29 is 14.8 Å². The largest absolute Gasteiger partial charge is 0.478 e. The Kier molecular flexibility index (Phi) is 4.70. The molecule has 1 heterocycles. The van der Waals surface area contributed by atoms with Gasteiger partial charge >= 0.3 is 5.97 Å². The number of carboxylic acids is 1. The molecule has 26 heavy (non-hydrogen) atoms. The van der Waals surface area contributed by atoms with Crippen molar-refractivity contribution in [2.75, 3.05) is 0 Å². The zero-order chi connectivity index (χ0) is 18.7. The van der Waals surface area contributed by atoms with Crippen LogP contribution in [-0.2, 0) is 6.42 Å². The van der Waals surface area contributed by atoms with E-state index >= 15 is 0 Å². The minimum absolute atomic E-state index is 0.0346. The van der Waals surface area contributed by atoms with Gasteiger partial charge in [0.1, 0.15) is 5.56 Å². The smallest absolute Gasteiger partial charge is 0.339 e. The molecule has 7 nitrogen and oxygen atoms in total. The summed E-state index contributed by atoms with van der Waals surface area (Å²) < 4.78 is 0. The van der Waals surface area contributed by atoms with Crippen LogP contribution in [-0.4, -0.2) is 26.0 Å². The summed E-state index contributed by atoms with van der Waals surface area (Å²) in [6.07, 6.45) is 0.395. The standard InChI is InChI=1S/C19H15N3O4/c1-2-15-16(19(23)24)17(13-9-6-10-14(11-13)22(25)26)21-18(20-15)12-7-4-3-5-8-12/h3-11H,2H2,1H3,(H,23,24). The molecule has 7 heteroatoms. The molecule has 0 radical (unpaired) electrons. The summed E-state index contributed by atoms with van der Waals surface area (Å²) in [6, 6.07) is 15.0. The van der Waals surface area contributed by atoms with E-state index in [1.165, 1.54) is 18.2 Å². The molecule has 3 rings (SSSR count). The number of aromatic nitrogens is 2. The van der Waals surface area contributed by atoms with E-state index in [4.69, 9.17) is 0 Å². The molecule has 1 N–H and O–H groups in total. The van der Waals surface area contributed by atoms with Crippen LogP contribution in [0.2, 0.25) is 0 Å². The number of aryl methyl sites for hydroxylation is 1. The van der Waals surface area contributed by atoms with Crippen LogP contribution in [0.4, 0.5) is 5.69 Å². The van der Waals surface area contributed by atoms with Gasteiger partial charge in [0, 0.05) is 23.3 Å². The Labute approximate surface area is 149 Å². The number of carbonyl (C=O) groups is 1. The number of aromatic carboxylic acids is 1. The highest BCUT2D eigenvalue weighted by Crippen LogP contribution is 2.29. The number of nitro groups is 1. The second-order valence-electron chi connectivity index (χ2n) is 5.55. The molecule has 2 aromatic carbocycles. The molecule has 0 unspecified atom stereocenters. The van der Waals surface area contributed by atoms with Gasteiger partial charge in [0.2, 0.25) is 0 Å². The van der Waals surface area contributed by atoms with Crippen LogP contribution in [0.25, 0.3) is 22.6 Å². The lowest BCUT2D eigenvalue weighted by atomic mass is 10.0. The molecule has 0 atom stereocenters. The van der Waals surface area contributed by atoms with Gasteiger partial charge < -0.3 is 5.11 Å². The molecule has 0 aliphatic rings. The maximum absolute atomic E-state index is 11.8. The van der Waals surface area contributed by atoms with Crippen LogP contribution in [0.3, 0.4) is 0 Å². The van der Waals surface area contributed by atoms with Gasteiger partial charge in [0.25, 0.3) is 5.69 Å². The lowest BCUT2D eigenvalue weighted by molar-refractivity contribution is -0.384. The van der Waals surface area contributed by atoms with Crippen LogP contribution < -0.4 is 0 Å². The van der Waals surface area contributed by atoms with Crippen LogP contribution in [0, 0.1) is 10.1 Å². The molecule has 0 saturated heterocycles. The first kappa shape index (κ1) is 17.2. The van der Waals surface area contributed by atoms with E-state index in [0.29, 0.717) is 23.5 Å². The Morgan fingerprint density at radius 3 is 2.38 bits per heavy atom. The molecule has 0 amide bonds. The third-order valence-electron chi connectivity index (χ3n) is 3.90. The summed E-state index contributed by atoms with van der Waals surface area (Å²) in [7, 11) is 0. The predicted octanol–water partition coefficient (Wildman–Crippen LogP) is 3.98. The lowest BCUT2D eigenvalue weighted by Crippen LogP contribution is -2.10. The Morgan fingerprint density at radius 1 is 1.08 bits per heavy atom. The first-order chi connectivity index (χ1) is 12.5. The van der Waals surface area contributed by atoms with Gasteiger partial charge in [-0.25, -0.2) is 14.8 Å². The molecule has 1 aromatic heterocycles. The number of nitro benzene ring substituents is 1. The van der Waals surface area contributed by atoms with Gasteiger partial charge in [0.15, 0.2) is 5.82 Å². The number of carboxylic acid groups (broad SMARTS) is 1. The van der Waals surface area contributed by atoms with Crippen molar-refractivity contribution in [1.82, 2.24) is 9.97 Å². The van der Waals surface area contributed by atoms with E-state index in [9.17, 15) is 20.0 Å². The van der Waals surface area contributed by atoms with E-state index in [1.54, 1.807) is 13.0 Å². The van der Waals surface area contributed by atoms with Gasteiger partial charge in [-0.05, 0) is 6.42 Å². The molecule has 0 saturated carbocycles. The molecule has 0 aliphatic heterocycles. The minimum atomic E-state index is -1.16. The number of hydrogen-bond donors (Lipinski definition) is 1. The fourth-order valence-corrected chi connectivity index (χ4v) is 2.68. The molecule has 3 aromatic rings. The Hall–Kier alpha value is -3.61. The van der Waals surface area contributed by atoms with Crippen LogP contribution in [0.5, 0.6) is 0 Å². The van der Waals surface area contributed by atoms with Crippen LogP contribution >= 0.6 is 0 Å². The molecular weight excluding hydrogens is 334 g/mol. The van der Waals surface area contributed by atoms with Crippen LogP contribution in [0.1, 0.15) is 23.0 Å². The normalized spacial score (nSPS) is 10.5. The quantitative estimate of drug-likeness (QED) is 0.551. The number of rotatable bonds is 5. The highest BCUT2D eigenvalue weighted by atomic mass is 16.6. The van der Waals surface area contributed by atoms with Crippen molar-refractivity contribution in [2.45, 2.75) is 13.3 Å². The summed E-state index contributed by atoms with van der Waals surface area (Å²) in [6.45, 7) is 1.81. The molecule has 0 bridgehead atoms. The SMILES string of the molecule is CCc1nc(-c2ccccc2)nc(-c2cccc([N+](=O)[O-])c2)c1C(=O)O. The first-order valence-electron chi connectivity index (χ1n) is 7.95. The Balaban J connectivity index is 2.30. The third-order valence-corrected chi connectivity index (χ3v) is 3.90. The average molecular weight is 349 g/mol. The summed E-state index contributed by atoms with van der Waals surface area (Å²) in [5.74, 6) is -0.781. The van der Waals surface area contributed by atoms with Crippen molar-refractivity contribution in [3.63, 3.8) is 0 Å². The second-order valence-corrected chi connectivity index (χ2v) is 5.55. The Morgan fingerprint density at radius 2 is 1.77 bits per heavy atom. The predicted molar refractivity (Wildman–Crippen MR) is 95.9 cm³/mol. The van der Waals surface area contributed by atoms with Crippen molar-refractivity contribution >= 4 is 11.7 Å². The van der Waals surface area contributed by atoms with Crippen LogP contribution in [0.15, 0.2) is 54.6 Å². The van der Waals surface area contributed by atoms with Crippen molar-refractivity contribution in [3.8, 4) is 22.6 Å². The maximum atomic E-state index is 11.8. The fourth-order valence-electron chi connectivity index (χ4n) is 2.68. The van der Waals surface area contributed by atoms with E-state index in [0.717, 1.165) is 5.56 Å². The van der Waals surface area contributed by atoms with E-state index in [-0.39, 0.29) is 16.9 Å². The molecular formula is C19H15N3O4. The highest BCUT2D eigenvalue weighted by Gasteiger charge is 2.22. The van der Waals surface area contributed by atoms with Gasteiger partial charge in [-0.1, -0.05) is 49.4 Å².